The van der Waals surface area contributed by atoms with Crippen LogP contribution in [0.15, 0.2) is 36.0 Å². The monoisotopic (exact) mass is 266 g/mol. The predicted molar refractivity (Wildman–Crippen MR) is 73.5 cm³/mol. The van der Waals surface area contributed by atoms with E-state index in [1.807, 2.05) is 23.8 Å². The van der Waals surface area contributed by atoms with Crippen molar-refractivity contribution >= 4 is 22.9 Å². The maximum absolute atomic E-state index is 5.88. The van der Waals surface area contributed by atoms with Gasteiger partial charge < -0.3 is 5.32 Å². The molecule has 0 amide bonds. The topological polar surface area (TPSA) is 24.9 Å². The molecule has 0 bridgehead atoms. The van der Waals surface area contributed by atoms with E-state index in [9.17, 15) is 0 Å². The number of halogens is 1. The summed E-state index contributed by atoms with van der Waals surface area (Å²) in [6.45, 7) is 4.31. The number of rotatable bonds is 4. The van der Waals surface area contributed by atoms with Crippen LogP contribution in [0.25, 0.3) is 0 Å². The fourth-order valence-corrected chi connectivity index (χ4v) is 2.51. The molecule has 0 radical (unpaired) electrons. The molecule has 2 atom stereocenters. The molecule has 1 aromatic carbocycles. The second-order valence-corrected chi connectivity index (χ2v) is 5.42. The molecule has 1 N–H and O–H groups in total. The summed E-state index contributed by atoms with van der Waals surface area (Å²) in [5.74, 6) is 0. The molecular formula is C13H15ClN2S. The van der Waals surface area contributed by atoms with Crippen molar-refractivity contribution in [2.75, 3.05) is 0 Å². The first-order valence-electron chi connectivity index (χ1n) is 5.56. The lowest BCUT2D eigenvalue weighted by molar-refractivity contribution is 0.499. The van der Waals surface area contributed by atoms with Gasteiger partial charge in [-0.3, -0.25) is 4.98 Å². The first-order valence-corrected chi connectivity index (χ1v) is 6.82. The zero-order valence-electron chi connectivity index (χ0n) is 9.85. The fourth-order valence-electron chi connectivity index (χ4n) is 1.74. The van der Waals surface area contributed by atoms with Crippen LogP contribution in [-0.2, 0) is 0 Å². The summed E-state index contributed by atoms with van der Waals surface area (Å²) in [6, 6.07) is 8.56. The zero-order valence-corrected chi connectivity index (χ0v) is 11.4. The van der Waals surface area contributed by atoms with Crippen molar-refractivity contribution in [2.45, 2.75) is 25.9 Å². The van der Waals surface area contributed by atoms with Gasteiger partial charge >= 0.3 is 0 Å². The number of nitrogens with zero attached hydrogens (tertiary/aromatic N) is 1. The molecule has 0 saturated carbocycles. The maximum atomic E-state index is 5.88. The van der Waals surface area contributed by atoms with Gasteiger partial charge in [-0.25, -0.2) is 0 Å². The Morgan fingerprint density at radius 1 is 1.18 bits per heavy atom. The lowest BCUT2D eigenvalue weighted by Crippen LogP contribution is -2.21. The molecule has 2 rings (SSSR count). The Kier molecular flexibility index (Phi) is 4.15. The first kappa shape index (κ1) is 12.6. The van der Waals surface area contributed by atoms with Crippen molar-refractivity contribution in [3.8, 4) is 0 Å². The molecule has 0 saturated heterocycles. The van der Waals surface area contributed by atoms with Crippen LogP contribution < -0.4 is 5.32 Å². The number of nitrogens with one attached hydrogen (secondary N) is 1. The van der Waals surface area contributed by atoms with Crippen LogP contribution >= 0.6 is 22.9 Å². The number of benzene rings is 1. The minimum absolute atomic E-state index is 0.296. The van der Waals surface area contributed by atoms with E-state index in [4.69, 9.17) is 11.6 Å². The summed E-state index contributed by atoms with van der Waals surface area (Å²) in [5, 5.41) is 4.32. The lowest BCUT2D eigenvalue weighted by atomic mass is 10.1. The molecule has 0 spiro atoms. The lowest BCUT2D eigenvalue weighted by Gasteiger charge is -2.19. The molecule has 2 nitrogen and oxygen atoms in total. The van der Waals surface area contributed by atoms with Gasteiger partial charge in [-0.1, -0.05) is 23.7 Å². The average molecular weight is 267 g/mol. The maximum Gasteiger partial charge on any atom is 0.0794 e. The highest BCUT2D eigenvalue weighted by atomic mass is 35.5. The smallest absolute Gasteiger partial charge is 0.0794 e. The van der Waals surface area contributed by atoms with Crippen molar-refractivity contribution in [2.24, 2.45) is 0 Å². The highest BCUT2D eigenvalue weighted by Gasteiger charge is 2.11. The van der Waals surface area contributed by atoms with Gasteiger partial charge in [-0.2, -0.15) is 0 Å². The molecule has 90 valence electrons. The average Bonchev–Trinajstić information content (AvgIpc) is 2.83. The van der Waals surface area contributed by atoms with E-state index in [-0.39, 0.29) is 0 Å². The molecule has 4 heteroatoms. The predicted octanol–water partition coefficient (Wildman–Crippen LogP) is 4.21. The molecular weight excluding hydrogens is 252 g/mol. The summed E-state index contributed by atoms with van der Waals surface area (Å²) in [6.07, 6.45) is 1.91. The molecule has 17 heavy (non-hydrogen) atoms. The Labute approximate surface area is 111 Å². The Bertz CT molecular complexity index is 453. The number of hydrogen-bond acceptors (Lipinski definition) is 3. The highest BCUT2D eigenvalue weighted by molar-refractivity contribution is 7.09. The number of hydrogen-bond donors (Lipinski definition) is 1. The molecule has 0 aliphatic carbocycles. The van der Waals surface area contributed by atoms with Gasteiger partial charge in [0.2, 0.25) is 0 Å². The molecule has 1 unspecified atom stereocenters. The van der Waals surface area contributed by atoms with Gasteiger partial charge in [0.1, 0.15) is 0 Å². The van der Waals surface area contributed by atoms with Crippen molar-refractivity contribution in [1.82, 2.24) is 10.3 Å². The minimum Gasteiger partial charge on any atom is -0.303 e. The normalized spacial score (nSPS) is 14.5. The molecule has 1 aromatic heterocycles. The SMILES string of the molecule is CC(N[C@H](C)c1ccc(Cl)cc1)c1cncs1. The van der Waals surface area contributed by atoms with E-state index in [1.54, 1.807) is 11.3 Å². The van der Waals surface area contributed by atoms with E-state index < -0.39 is 0 Å². The summed E-state index contributed by atoms with van der Waals surface area (Å²) >= 11 is 7.55. The molecule has 2 aromatic rings. The summed E-state index contributed by atoms with van der Waals surface area (Å²) in [7, 11) is 0. The Morgan fingerprint density at radius 2 is 1.88 bits per heavy atom. The Morgan fingerprint density at radius 3 is 2.47 bits per heavy atom. The van der Waals surface area contributed by atoms with E-state index in [1.165, 1.54) is 10.4 Å². The van der Waals surface area contributed by atoms with Crippen LogP contribution in [0.3, 0.4) is 0 Å². The quantitative estimate of drug-likeness (QED) is 0.897. The Balaban J connectivity index is 2.01. The van der Waals surface area contributed by atoms with E-state index >= 15 is 0 Å². The molecule has 0 aliphatic heterocycles. The second-order valence-electron chi connectivity index (χ2n) is 4.07. The third kappa shape index (κ3) is 3.28. The Hall–Kier alpha value is -0.900. The summed E-state index contributed by atoms with van der Waals surface area (Å²) in [5.41, 5.74) is 3.10. The minimum atomic E-state index is 0.296. The third-order valence-electron chi connectivity index (χ3n) is 2.75. The van der Waals surface area contributed by atoms with Gasteiger partial charge in [-0.15, -0.1) is 11.3 Å². The van der Waals surface area contributed by atoms with Crippen LogP contribution in [0.5, 0.6) is 0 Å². The van der Waals surface area contributed by atoms with Crippen molar-refractivity contribution < 1.29 is 0 Å². The number of thiazole rings is 1. The molecule has 0 fully saturated rings. The largest absolute Gasteiger partial charge is 0.303 e. The van der Waals surface area contributed by atoms with Crippen molar-refractivity contribution in [3.05, 3.63) is 51.4 Å². The molecule has 1 heterocycles. The van der Waals surface area contributed by atoms with Crippen LogP contribution in [0.2, 0.25) is 5.02 Å². The van der Waals surface area contributed by atoms with Gasteiger partial charge in [-0.05, 0) is 31.5 Å². The van der Waals surface area contributed by atoms with Crippen LogP contribution in [0, 0.1) is 0 Å². The van der Waals surface area contributed by atoms with Crippen molar-refractivity contribution in [1.29, 1.82) is 0 Å². The van der Waals surface area contributed by atoms with Crippen molar-refractivity contribution in [3.63, 3.8) is 0 Å². The van der Waals surface area contributed by atoms with Gasteiger partial charge in [0, 0.05) is 28.2 Å². The first-order chi connectivity index (χ1) is 8.16. The standard InChI is InChI=1S/C13H15ClN2S/c1-9(11-3-5-12(14)6-4-11)16-10(2)13-7-15-8-17-13/h3-10,16H,1-2H3/t9-,10?/m1/s1. The van der Waals surface area contributed by atoms with E-state index in [0.29, 0.717) is 12.1 Å². The third-order valence-corrected chi connectivity index (χ3v) is 3.96. The number of aromatic nitrogens is 1. The summed E-state index contributed by atoms with van der Waals surface area (Å²) < 4.78 is 0. The van der Waals surface area contributed by atoms with Gasteiger partial charge in [0.25, 0.3) is 0 Å². The van der Waals surface area contributed by atoms with E-state index in [2.05, 4.69) is 36.3 Å². The molecule has 0 aliphatic rings. The van der Waals surface area contributed by atoms with Gasteiger partial charge in [0.15, 0.2) is 0 Å². The zero-order chi connectivity index (χ0) is 12.3. The fraction of sp³-hybridized carbons (Fsp3) is 0.308. The highest BCUT2D eigenvalue weighted by Crippen LogP contribution is 2.22. The second kappa shape index (κ2) is 5.63. The van der Waals surface area contributed by atoms with Crippen LogP contribution in [-0.4, -0.2) is 4.98 Å². The van der Waals surface area contributed by atoms with Gasteiger partial charge in [0.05, 0.1) is 5.51 Å². The van der Waals surface area contributed by atoms with E-state index in [0.717, 1.165) is 5.02 Å². The summed E-state index contributed by atoms with van der Waals surface area (Å²) in [4.78, 5) is 5.35. The van der Waals surface area contributed by atoms with Crippen LogP contribution in [0.4, 0.5) is 0 Å². The van der Waals surface area contributed by atoms with Crippen LogP contribution in [0.1, 0.15) is 36.4 Å².